The average molecular weight is 265 g/mol. The highest BCUT2D eigenvalue weighted by molar-refractivity contribution is 8.01. The van der Waals surface area contributed by atoms with E-state index in [1.165, 1.54) is 11.8 Å². The molecule has 0 aliphatic carbocycles. The van der Waals surface area contributed by atoms with Crippen LogP contribution in [0.5, 0.6) is 0 Å². The Kier molecular flexibility index (Phi) is 3.54. The topological polar surface area (TPSA) is 63.7 Å². The van der Waals surface area contributed by atoms with Gasteiger partial charge in [-0.1, -0.05) is 17.7 Å². The fourth-order valence-electron chi connectivity index (χ4n) is 1.69. The third-order valence-corrected chi connectivity index (χ3v) is 4.05. The van der Waals surface area contributed by atoms with Gasteiger partial charge in [0.2, 0.25) is 4.87 Å². The van der Waals surface area contributed by atoms with E-state index < -0.39 is 4.87 Å². The number of halogens is 1. The molecule has 0 atom stereocenters. The molecule has 0 bridgehead atoms. The zero-order valence-corrected chi connectivity index (χ0v) is 10.5. The van der Waals surface area contributed by atoms with Crippen LogP contribution in [0.1, 0.15) is 5.56 Å². The molecule has 6 heteroatoms. The Labute approximate surface area is 109 Å². The molecule has 4 nitrogen and oxygen atoms in total. The van der Waals surface area contributed by atoms with Crippen LogP contribution >= 0.6 is 23.4 Å². The molecule has 1 aromatic rings. The Hall–Kier alpha value is -1.27. The molecule has 1 fully saturated rings. The maximum atomic E-state index is 9.14. The van der Waals surface area contributed by atoms with Crippen LogP contribution in [0.4, 0.5) is 0 Å². The number of hydrogen-bond acceptors (Lipinski definition) is 5. The fourth-order valence-corrected chi connectivity index (χ4v) is 2.88. The maximum Gasteiger partial charge on any atom is 0.243 e. The van der Waals surface area contributed by atoms with Crippen molar-refractivity contribution in [2.24, 2.45) is 0 Å². The van der Waals surface area contributed by atoms with Crippen LogP contribution in [-0.4, -0.2) is 27.1 Å². The lowest BCUT2D eigenvalue weighted by molar-refractivity contribution is 0.269. The Bertz CT molecular complexity index is 474. The summed E-state index contributed by atoms with van der Waals surface area (Å²) < 4.78 is 0. The van der Waals surface area contributed by atoms with Gasteiger partial charge in [-0.05, 0) is 11.6 Å². The average Bonchev–Trinajstić information content (AvgIpc) is 2.75. The predicted octanol–water partition coefficient (Wildman–Crippen LogP) is 2.03. The van der Waals surface area contributed by atoms with Gasteiger partial charge < -0.3 is 0 Å². The molecule has 86 valence electrons. The first kappa shape index (κ1) is 12.2. The molecule has 0 aromatic carbocycles. The quantitative estimate of drug-likeness (QED) is 0.765. The molecular weight excluding hydrogens is 256 g/mol. The van der Waals surface area contributed by atoms with Crippen LogP contribution in [0.3, 0.4) is 0 Å². The number of nitrogens with zero attached hydrogens (tertiary/aromatic N) is 4. The summed E-state index contributed by atoms with van der Waals surface area (Å²) in [6, 6.07) is 7.75. The first-order valence-corrected chi connectivity index (χ1v) is 6.38. The molecule has 0 amide bonds. The summed E-state index contributed by atoms with van der Waals surface area (Å²) in [5, 5.41) is 18.7. The zero-order valence-electron chi connectivity index (χ0n) is 8.93. The van der Waals surface area contributed by atoms with Crippen LogP contribution in [0.15, 0.2) is 18.3 Å². The minimum atomic E-state index is -1.06. The van der Waals surface area contributed by atoms with Crippen LogP contribution < -0.4 is 0 Å². The van der Waals surface area contributed by atoms with Gasteiger partial charge in [-0.25, -0.2) is 4.98 Å². The SMILES string of the molecule is N#CC1(C#N)SCCN1Cc1ccc(Cl)nc1. The molecular formula is C11H9ClN4S. The number of hydrogen-bond donors (Lipinski definition) is 0. The number of aromatic nitrogens is 1. The van der Waals surface area contributed by atoms with E-state index in [4.69, 9.17) is 22.1 Å². The molecule has 0 radical (unpaired) electrons. The van der Waals surface area contributed by atoms with Gasteiger partial charge in [0.15, 0.2) is 0 Å². The van der Waals surface area contributed by atoms with Crippen LogP contribution in [-0.2, 0) is 6.54 Å². The smallest absolute Gasteiger partial charge is 0.243 e. The Morgan fingerprint density at radius 3 is 2.82 bits per heavy atom. The van der Waals surface area contributed by atoms with E-state index in [0.29, 0.717) is 11.7 Å². The summed E-state index contributed by atoms with van der Waals surface area (Å²) in [6.45, 7) is 1.27. The molecule has 0 spiro atoms. The Balaban J connectivity index is 2.17. The van der Waals surface area contributed by atoms with E-state index in [2.05, 4.69) is 17.1 Å². The lowest BCUT2D eigenvalue weighted by atomic mass is 10.2. The highest BCUT2D eigenvalue weighted by atomic mass is 35.5. The molecule has 1 aliphatic rings. The van der Waals surface area contributed by atoms with Gasteiger partial charge in [-0.15, -0.1) is 11.8 Å². The standard InChI is InChI=1S/C11H9ClN4S/c12-10-2-1-9(5-15-10)6-16-3-4-17-11(16,7-13)8-14/h1-2,5H,3-4,6H2. The second-order valence-electron chi connectivity index (χ2n) is 3.63. The van der Waals surface area contributed by atoms with Gasteiger partial charge in [0, 0.05) is 25.0 Å². The second-order valence-corrected chi connectivity index (χ2v) is 5.30. The van der Waals surface area contributed by atoms with E-state index in [9.17, 15) is 0 Å². The summed E-state index contributed by atoms with van der Waals surface area (Å²) in [5.41, 5.74) is 0.951. The molecule has 0 N–H and O–H groups in total. The minimum Gasteiger partial charge on any atom is -0.260 e. The van der Waals surface area contributed by atoms with Crippen molar-refractivity contribution in [2.45, 2.75) is 11.4 Å². The van der Waals surface area contributed by atoms with Crippen LogP contribution in [0.25, 0.3) is 0 Å². The maximum absolute atomic E-state index is 9.14. The van der Waals surface area contributed by atoms with Gasteiger partial charge in [0.25, 0.3) is 0 Å². The van der Waals surface area contributed by atoms with Gasteiger partial charge in [-0.2, -0.15) is 10.5 Å². The molecule has 1 aliphatic heterocycles. The summed E-state index contributed by atoms with van der Waals surface area (Å²) in [5.74, 6) is 0.794. The van der Waals surface area contributed by atoms with Crippen LogP contribution in [0.2, 0.25) is 5.15 Å². The van der Waals surface area contributed by atoms with Crippen LogP contribution in [0, 0.1) is 22.7 Å². The van der Waals surface area contributed by atoms with Crippen molar-refractivity contribution in [3.8, 4) is 12.1 Å². The van der Waals surface area contributed by atoms with Crippen molar-refractivity contribution in [3.63, 3.8) is 0 Å². The third kappa shape index (κ3) is 2.37. The van der Waals surface area contributed by atoms with Crippen molar-refractivity contribution < 1.29 is 0 Å². The monoisotopic (exact) mass is 264 g/mol. The molecule has 2 rings (SSSR count). The van der Waals surface area contributed by atoms with E-state index in [-0.39, 0.29) is 0 Å². The molecule has 0 saturated carbocycles. The van der Waals surface area contributed by atoms with Crippen molar-refractivity contribution >= 4 is 23.4 Å². The van der Waals surface area contributed by atoms with E-state index in [0.717, 1.165) is 17.9 Å². The van der Waals surface area contributed by atoms with Crippen molar-refractivity contribution in [2.75, 3.05) is 12.3 Å². The summed E-state index contributed by atoms with van der Waals surface area (Å²) in [6.07, 6.45) is 1.67. The highest BCUT2D eigenvalue weighted by Gasteiger charge is 2.42. The normalized spacial score (nSPS) is 18.5. The van der Waals surface area contributed by atoms with Crippen molar-refractivity contribution in [1.29, 1.82) is 10.5 Å². The lowest BCUT2D eigenvalue weighted by Crippen LogP contribution is -2.38. The largest absolute Gasteiger partial charge is 0.260 e. The second kappa shape index (κ2) is 4.93. The number of thioether (sulfide) groups is 1. The van der Waals surface area contributed by atoms with Crippen molar-refractivity contribution in [3.05, 3.63) is 29.0 Å². The molecule has 0 unspecified atom stereocenters. The predicted molar refractivity (Wildman–Crippen MR) is 66.1 cm³/mol. The highest BCUT2D eigenvalue weighted by Crippen LogP contribution is 2.35. The first-order chi connectivity index (χ1) is 8.20. The molecule has 17 heavy (non-hydrogen) atoms. The summed E-state index contributed by atoms with van der Waals surface area (Å²) in [7, 11) is 0. The molecule has 2 heterocycles. The first-order valence-electron chi connectivity index (χ1n) is 5.02. The number of nitriles is 2. The van der Waals surface area contributed by atoms with E-state index in [1.54, 1.807) is 12.3 Å². The fraction of sp³-hybridized carbons (Fsp3) is 0.364. The van der Waals surface area contributed by atoms with Gasteiger partial charge in [0.1, 0.15) is 17.3 Å². The van der Waals surface area contributed by atoms with Gasteiger partial charge in [0.05, 0.1) is 0 Å². The summed E-state index contributed by atoms with van der Waals surface area (Å²) in [4.78, 5) is 4.79. The van der Waals surface area contributed by atoms with E-state index in [1.807, 2.05) is 11.0 Å². The van der Waals surface area contributed by atoms with E-state index >= 15 is 0 Å². The Morgan fingerprint density at radius 1 is 1.47 bits per heavy atom. The molecule has 1 aromatic heterocycles. The van der Waals surface area contributed by atoms with Gasteiger partial charge >= 0.3 is 0 Å². The van der Waals surface area contributed by atoms with Gasteiger partial charge in [-0.3, -0.25) is 4.90 Å². The zero-order chi connectivity index (χ0) is 12.3. The number of rotatable bonds is 2. The molecule has 1 saturated heterocycles. The minimum absolute atomic E-state index is 0.441. The third-order valence-electron chi connectivity index (χ3n) is 2.58. The summed E-state index contributed by atoms with van der Waals surface area (Å²) >= 11 is 7.08. The Morgan fingerprint density at radius 2 is 2.24 bits per heavy atom. The number of pyridine rings is 1. The lowest BCUT2D eigenvalue weighted by Gasteiger charge is -2.24. The van der Waals surface area contributed by atoms with Crippen molar-refractivity contribution in [1.82, 2.24) is 9.88 Å².